The summed E-state index contributed by atoms with van der Waals surface area (Å²) in [6, 6.07) is 12.3. The van der Waals surface area contributed by atoms with Gasteiger partial charge in [-0.3, -0.25) is 0 Å². The zero-order chi connectivity index (χ0) is 23.0. The third kappa shape index (κ3) is 3.93. The zero-order valence-electron chi connectivity index (χ0n) is 18.6. The summed E-state index contributed by atoms with van der Waals surface area (Å²) in [4.78, 5) is 9.01. The van der Waals surface area contributed by atoms with Crippen molar-refractivity contribution in [2.75, 3.05) is 7.11 Å². The Morgan fingerprint density at radius 3 is 2.70 bits per heavy atom. The molecular weight excluding hydrogens is 419 g/mol. The summed E-state index contributed by atoms with van der Waals surface area (Å²) < 4.78 is 22.8. The Labute approximate surface area is 191 Å². The van der Waals surface area contributed by atoms with Crippen molar-refractivity contribution in [3.63, 3.8) is 0 Å². The van der Waals surface area contributed by atoms with E-state index in [4.69, 9.17) is 15.5 Å². The van der Waals surface area contributed by atoms with Crippen LogP contribution in [0.4, 0.5) is 4.39 Å². The van der Waals surface area contributed by atoms with Crippen LogP contribution >= 0.6 is 0 Å². The maximum atomic E-state index is 13.4. The van der Waals surface area contributed by atoms with Gasteiger partial charge in [0.2, 0.25) is 0 Å². The minimum absolute atomic E-state index is 0.284. The lowest BCUT2D eigenvalue weighted by Gasteiger charge is -2.33. The average molecular weight is 445 g/mol. The van der Waals surface area contributed by atoms with Crippen LogP contribution in [0.2, 0.25) is 0 Å². The Hall–Kier alpha value is -3.78. The predicted octanol–water partition coefficient (Wildman–Crippen LogP) is 4.09. The monoisotopic (exact) mass is 444 g/mol. The maximum Gasteiger partial charge on any atom is 0.174 e. The van der Waals surface area contributed by atoms with Gasteiger partial charge in [0.15, 0.2) is 11.6 Å². The van der Waals surface area contributed by atoms with Crippen LogP contribution in [0.15, 0.2) is 55.0 Å². The first-order chi connectivity index (χ1) is 16.0. The van der Waals surface area contributed by atoms with Crippen molar-refractivity contribution in [3.05, 3.63) is 89.3 Å². The first-order valence-electron chi connectivity index (χ1n) is 10.8. The molecule has 0 saturated heterocycles. The summed E-state index contributed by atoms with van der Waals surface area (Å²) in [5.74, 6) is 1.73. The maximum absolute atomic E-state index is 13.4. The van der Waals surface area contributed by atoms with Crippen LogP contribution in [0.5, 0.6) is 5.75 Å². The summed E-state index contributed by atoms with van der Waals surface area (Å²) >= 11 is 0. The van der Waals surface area contributed by atoms with E-state index in [1.807, 2.05) is 52.7 Å². The molecule has 5 rings (SSSR count). The molecule has 1 aliphatic rings. The van der Waals surface area contributed by atoms with Gasteiger partial charge < -0.3 is 15.0 Å². The van der Waals surface area contributed by atoms with Gasteiger partial charge in [-0.2, -0.15) is 5.10 Å². The highest BCUT2D eigenvalue weighted by Crippen LogP contribution is 2.34. The van der Waals surface area contributed by atoms with Crippen molar-refractivity contribution >= 4 is 12.2 Å². The second-order valence-electron chi connectivity index (χ2n) is 8.29. The van der Waals surface area contributed by atoms with Gasteiger partial charge in [0.05, 0.1) is 24.8 Å². The number of hydrogen-bond acceptors (Lipinski definition) is 5. The van der Waals surface area contributed by atoms with Crippen molar-refractivity contribution < 1.29 is 9.13 Å². The van der Waals surface area contributed by atoms with Gasteiger partial charge in [-0.15, -0.1) is 0 Å². The fourth-order valence-corrected chi connectivity index (χ4v) is 4.29. The number of benzene rings is 2. The highest BCUT2D eigenvalue weighted by molar-refractivity contribution is 5.69. The van der Waals surface area contributed by atoms with Crippen molar-refractivity contribution in [2.45, 2.75) is 31.8 Å². The number of rotatable bonds is 5. The Morgan fingerprint density at radius 1 is 1.15 bits per heavy atom. The van der Waals surface area contributed by atoms with Gasteiger partial charge in [0.25, 0.3) is 0 Å². The normalized spacial score (nSPS) is 17.9. The molecule has 1 atom stereocenters. The van der Waals surface area contributed by atoms with E-state index < -0.39 is 5.54 Å². The van der Waals surface area contributed by atoms with E-state index in [9.17, 15) is 4.39 Å². The molecular formula is C25H25FN6O. The van der Waals surface area contributed by atoms with Crippen LogP contribution in [-0.4, -0.2) is 31.4 Å². The minimum atomic E-state index is -0.793. The Morgan fingerprint density at radius 2 is 1.97 bits per heavy atom. The van der Waals surface area contributed by atoms with Crippen LogP contribution in [-0.2, 0) is 12.1 Å². The first kappa shape index (κ1) is 21.1. The third-order valence-electron chi connectivity index (χ3n) is 6.01. The second kappa shape index (κ2) is 8.29. The lowest BCUT2D eigenvalue weighted by atomic mass is 9.83. The van der Waals surface area contributed by atoms with Crippen LogP contribution in [0.1, 0.15) is 41.3 Å². The number of imidazole rings is 1. The number of aromatic nitrogens is 5. The molecule has 0 spiro atoms. The topological polar surface area (TPSA) is 83.8 Å². The summed E-state index contributed by atoms with van der Waals surface area (Å²) in [7, 11) is 1.65. The van der Waals surface area contributed by atoms with Gasteiger partial charge in [-0.1, -0.05) is 24.3 Å². The number of nitrogens with two attached hydrogens (primary N) is 1. The van der Waals surface area contributed by atoms with E-state index >= 15 is 0 Å². The molecule has 2 aromatic heterocycles. The van der Waals surface area contributed by atoms with Crippen LogP contribution in [0, 0.1) is 12.7 Å². The molecule has 2 N–H and O–H groups in total. The van der Waals surface area contributed by atoms with Crippen LogP contribution < -0.4 is 10.5 Å². The largest absolute Gasteiger partial charge is 0.495 e. The van der Waals surface area contributed by atoms with E-state index in [0.717, 1.165) is 47.6 Å². The van der Waals surface area contributed by atoms with Crippen molar-refractivity contribution in [3.8, 4) is 11.4 Å². The molecule has 0 radical (unpaired) electrons. The summed E-state index contributed by atoms with van der Waals surface area (Å²) in [6.45, 7) is 2.70. The van der Waals surface area contributed by atoms with Crippen molar-refractivity contribution in [2.24, 2.45) is 5.73 Å². The van der Waals surface area contributed by atoms with Gasteiger partial charge in [0, 0.05) is 12.7 Å². The molecule has 2 aromatic carbocycles. The Balaban J connectivity index is 1.43. The smallest absolute Gasteiger partial charge is 0.174 e. The number of aryl methyl sites for hydroxylation is 2. The molecule has 33 heavy (non-hydrogen) atoms. The fourth-order valence-electron chi connectivity index (χ4n) is 4.29. The standard InChI is InChI=1S/C25H25FN6O/c1-17-15-31(16-28-17)21-10-4-18(14-22(21)33-2)5-11-23-29-24-25(27,12-3-13-32(24)30-23)19-6-8-20(26)9-7-19/h4-11,14-16H,3,12-13,27H2,1-2H3/t25-/m1/s1. The first-order valence-corrected chi connectivity index (χ1v) is 10.8. The number of fused-ring (bicyclic) bond motifs is 1. The summed E-state index contributed by atoms with van der Waals surface area (Å²) in [5, 5.41) is 4.64. The molecule has 4 aromatic rings. The Kier molecular flexibility index (Phi) is 5.30. The number of hydrogen-bond donors (Lipinski definition) is 1. The highest BCUT2D eigenvalue weighted by atomic mass is 19.1. The molecule has 7 nitrogen and oxygen atoms in total. The van der Waals surface area contributed by atoms with E-state index in [1.165, 1.54) is 12.1 Å². The van der Waals surface area contributed by atoms with Crippen molar-refractivity contribution in [1.29, 1.82) is 0 Å². The molecule has 0 unspecified atom stereocenters. The number of nitrogens with zero attached hydrogens (tertiary/aromatic N) is 5. The number of halogens is 1. The highest BCUT2D eigenvalue weighted by Gasteiger charge is 2.37. The van der Waals surface area contributed by atoms with E-state index in [1.54, 1.807) is 25.6 Å². The number of ether oxygens (including phenoxy) is 1. The molecule has 168 valence electrons. The lowest BCUT2D eigenvalue weighted by Crippen LogP contribution is -2.43. The molecule has 1 aliphatic heterocycles. The Bertz CT molecular complexity index is 1320. The quantitative estimate of drug-likeness (QED) is 0.501. The SMILES string of the molecule is COc1cc(C=Cc2nc3n(n2)CCC[C@@]3(N)c2ccc(F)cc2)ccc1-n1cnc(C)c1. The molecule has 3 heterocycles. The average Bonchev–Trinajstić information content (AvgIpc) is 3.45. The van der Waals surface area contributed by atoms with Crippen molar-refractivity contribution in [1.82, 2.24) is 24.3 Å². The second-order valence-corrected chi connectivity index (χ2v) is 8.29. The molecule has 8 heteroatoms. The van der Waals surface area contributed by atoms with Crippen LogP contribution in [0.25, 0.3) is 17.8 Å². The van der Waals surface area contributed by atoms with E-state index in [-0.39, 0.29) is 5.82 Å². The lowest BCUT2D eigenvalue weighted by molar-refractivity contribution is 0.342. The van der Waals surface area contributed by atoms with Gasteiger partial charge in [-0.25, -0.2) is 19.0 Å². The van der Waals surface area contributed by atoms with E-state index in [0.29, 0.717) is 11.6 Å². The predicted molar refractivity (Wildman–Crippen MR) is 124 cm³/mol. The molecule has 0 fully saturated rings. The zero-order valence-corrected chi connectivity index (χ0v) is 18.6. The molecule has 0 bridgehead atoms. The van der Waals surface area contributed by atoms with Crippen LogP contribution in [0.3, 0.4) is 0 Å². The third-order valence-corrected chi connectivity index (χ3v) is 6.01. The van der Waals surface area contributed by atoms with Gasteiger partial charge >= 0.3 is 0 Å². The summed E-state index contributed by atoms with van der Waals surface area (Å²) in [6.07, 6.45) is 9.14. The van der Waals surface area contributed by atoms with Gasteiger partial charge in [0.1, 0.15) is 17.1 Å². The molecule has 0 amide bonds. The van der Waals surface area contributed by atoms with E-state index in [2.05, 4.69) is 10.1 Å². The number of methoxy groups -OCH3 is 1. The molecule has 0 saturated carbocycles. The van der Waals surface area contributed by atoms with Gasteiger partial charge in [-0.05, 0) is 61.2 Å². The fraction of sp³-hybridized carbons (Fsp3) is 0.240. The minimum Gasteiger partial charge on any atom is -0.495 e. The summed E-state index contributed by atoms with van der Waals surface area (Å²) in [5.41, 5.74) is 9.63. The molecule has 0 aliphatic carbocycles.